The maximum atomic E-state index is 9.25. The monoisotopic (exact) mass is 234 g/mol. The van der Waals surface area contributed by atoms with Crippen LogP contribution >= 0.6 is 0 Å². The molecule has 92 valence electrons. The van der Waals surface area contributed by atoms with Gasteiger partial charge in [0.05, 0.1) is 12.6 Å². The molecule has 0 saturated carbocycles. The molecule has 5 nitrogen and oxygen atoms in total. The molecule has 1 atom stereocenters. The highest BCUT2D eigenvalue weighted by atomic mass is 16.3. The quantitative estimate of drug-likeness (QED) is 0.841. The van der Waals surface area contributed by atoms with Gasteiger partial charge in [0.2, 0.25) is 5.95 Å². The molecular weight excluding hydrogens is 216 g/mol. The molecule has 0 aliphatic rings. The smallest absolute Gasteiger partial charge is 0.243 e. The summed E-state index contributed by atoms with van der Waals surface area (Å²) in [6.07, 6.45) is 1.88. The molecule has 0 aliphatic carbocycles. The molecule has 0 bridgehead atoms. The Hall–Kier alpha value is -1.62. The van der Waals surface area contributed by atoms with E-state index in [9.17, 15) is 5.11 Å². The molecule has 0 aliphatic heterocycles. The molecule has 1 unspecified atom stereocenters. The standard InChI is InChI=1S/C12H18N4O/c1-8(2)10(7-17)13-12-14-11-6-9(3)4-5-16(11)15-12/h4-6,8,10,17H,7H2,1-3H3,(H,13,15). The summed E-state index contributed by atoms with van der Waals surface area (Å²) in [7, 11) is 0. The third kappa shape index (κ3) is 2.55. The van der Waals surface area contributed by atoms with Gasteiger partial charge in [-0.25, -0.2) is 4.52 Å². The molecule has 2 heterocycles. The van der Waals surface area contributed by atoms with Crippen molar-refractivity contribution in [1.82, 2.24) is 14.6 Å². The fraction of sp³-hybridized carbons (Fsp3) is 0.500. The Morgan fingerprint density at radius 3 is 2.88 bits per heavy atom. The number of hydrogen-bond donors (Lipinski definition) is 2. The van der Waals surface area contributed by atoms with Gasteiger partial charge in [0, 0.05) is 6.20 Å². The van der Waals surface area contributed by atoms with Crippen molar-refractivity contribution in [2.45, 2.75) is 26.8 Å². The lowest BCUT2D eigenvalue weighted by atomic mass is 10.1. The molecular formula is C12H18N4O. The van der Waals surface area contributed by atoms with Crippen LogP contribution in [0.5, 0.6) is 0 Å². The van der Waals surface area contributed by atoms with E-state index in [4.69, 9.17) is 0 Å². The van der Waals surface area contributed by atoms with Gasteiger partial charge in [-0.15, -0.1) is 5.10 Å². The average Bonchev–Trinajstić information content (AvgIpc) is 2.66. The van der Waals surface area contributed by atoms with Crippen molar-refractivity contribution in [3.8, 4) is 0 Å². The van der Waals surface area contributed by atoms with Crippen LogP contribution in [0, 0.1) is 12.8 Å². The SMILES string of the molecule is Cc1ccn2nc(NC(CO)C(C)C)nc2c1. The van der Waals surface area contributed by atoms with Gasteiger partial charge in [-0.2, -0.15) is 4.98 Å². The van der Waals surface area contributed by atoms with E-state index >= 15 is 0 Å². The van der Waals surface area contributed by atoms with E-state index < -0.39 is 0 Å². The zero-order valence-electron chi connectivity index (χ0n) is 10.4. The summed E-state index contributed by atoms with van der Waals surface area (Å²) in [6, 6.07) is 3.94. The Morgan fingerprint density at radius 1 is 1.47 bits per heavy atom. The normalized spacial score (nSPS) is 13.2. The van der Waals surface area contributed by atoms with Crippen LogP contribution in [0.2, 0.25) is 0 Å². The van der Waals surface area contributed by atoms with Crippen molar-refractivity contribution in [2.24, 2.45) is 5.92 Å². The van der Waals surface area contributed by atoms with Crippen LogP contribution in [0.25, 0.3) is 5.65 Å². The predicted octanol–water partition coefficient (Wildman–Crippen LogP) is 1.47. The fourth-order valence-electron chi connectivity index (χ4n) is 1.63. The van der Waals surface area contributed by atoms with Crippen LogP contribution in [-0.4, -0.2) is 32.4 Å². The molecule has 2 rings (SSSR count). The number of rotatable bonds is 4. The van der Waals surface area contributed by atoms with E-state index in [1.54, 1.807) is 4.52 Å². The number of aliphatic hydroxyl groups is 1. The third-order valence-electron chi connectivity index (χ3n) is 2.81. The van der Waals surface area contributed by atoms with Crippen LogP contribution in [0.3, 0.4) is 0 Å². The molecule has 0 amide bonds. The molecule has 0 spiro atoms. The van der Waals surface area contributed by atoms with Gasteiger partial charge < -0.3 is 10.4 Å². The predicted molar refractivity (Wildman–Crippen MR) is 67.1 cm³/mol. The Balaban J connectivity index is 2.24. The first-order valence-corrected chi connectivity index (χ1v) is 5.80. The summed E-state index contributed by atoms with van der Waals surface area (Å²) in [5, 5.41) is 16.7. The number of anilines is 1. The van der Waals surface area contributed by atoms with Crippen molar-refractivity contribution >= 4 is 11.6 Å². The average molecular weight is 234 g/mol. The van der Waals surface area contributed by atoms with Gasteiger partial charge in [-0.1, -0.05) is 13.8 Å². The molecule has 2 aromatic rings. The largest absolute Gasteiger partial charge is 0.394 e. The number of aryl methyl sites for hydroxylation is 1. The molecule has 0 fully saturated rings. The number of pyridine rings is 1. The van der Waals surface area contributed by atoms with Crippen molar-refractivity contribution < 1.29 is 5.11 Å². The van der Waals surface area contributed by atoms with Crippen LogP contribution in [0.1, 0.15) is 19.4 Å². The highest BCUT2D eigenvalue weighted by Crippen LogP contribution is 2.11. The summed E-state index contributed by atoms with van der Waals surface area (Å²) in [5.74, 6) is 0.886. The van der Waals surface area contributed by atoms with E-state index in [2.05, 4.69) is 15.4 Å². The minimum absolute atomic E-state index is 0.0199. The van der Waals surface area contributed by atoms with E-state index in [0.717, 1.165) is 11.2 Å². The lowest BCUT2D eigenvalue weighted by Gasteiger charge is -2.18. The molecule has 2 N–H and O–H groups in total. The fourth-order valence-corrected chi connectivity index (χ4v) is 1.63. The first-order valence-electron chi connectivity index (χ1n) is 5.80. The Kier molecular flexibility index (Phi) is 3.28. The Morgan fingerprint density at radius 2 is 2.24 bits per heavy atom. The zero-order chi connectivity index (χ0) is 12.4. The van der Waals surface area contributed by atoms with Gasteiger partial charge in [0.25, 0.3) is 0 Å². The Bertz CT molecular complexity index is 506. The second kappa shape index (κ2) is 4.71. The molecule has 0 aromatic carbocycles. The number of aromatic nitrogens is 3. The maximum absolute atomic E-state index is 9.25. The van der Waals surface area contributed by atoms with Gasteiger partial charge in [-0.05, 0) is 30.5 Å². The van der Waals surface area contributed by atoms with E-state index in [1.165, 1.54) is 0 Å². The Labute approximate surface area is 100 Å². The highest BCUT2D eigenvalue weighted by molar-refractivity contribution is 5.45. The third-order valence-corrected chi connectivity index (χ3v) is 2.81. The number of fused-ring (bicyclic) bond motifs is 1. The van der Waals surface area contributed by atoms with Crippen molar-refractivity contribution in [3.63, 3.8) is 0 Å². The first kappa shape index (κ1) is 11.9. The van der Waals surface area contributed by atoms with Crippen LogP contribution in [-0.2, 0) is 0 Å². The van der Waals surface area contributed by atoms with E-state index in [0.29, 0.717) is 11.9 Å². The molecule has 5 heteroatoms. The van der Waals surface area contributed by atoms with Gasteiger partial charge in [-0.3, -0.25) is 0 Å². The van der Waals surface area contributed by atoms with E-state index in [1.807, 2.05) is 39.1 Å². The van der Waals surface area contributed by atoms with Crippen molar-refractivity contribution in [3.05, 3.63) is 23.9 Å². The second-order valence-corrected chi connectivity index (χ2v) is 4.62. The highest BCUT2D eigenvalue weighted by Gasteiger charge is 2.14. The molecule has 2 aromatic heterocycles. The maximum Gasteiger partial charge on any atom is 0.243 e. The second-order valence-electron chi connectivity index (χ2n) is 4.62. The first-order chi connectivity index (χ1) is 8.10. The van der Waals surface area contributed by atoms with Gasteiger partial charge >= 0.3 is 0 Å². The van der Waals surface area contributed by atoms with Crippen molar-refractivity contribution in [2.75, 3.05) is 11.9 Å². The topological polar surface area (TPSA) is 62.5 Å². The van der Waals surface area contributed by atoms with Crippen LogP contribution < -0.4 is 5.32 Å². The summed E-state index contributed by atoms with van der Waals surface area (Å²) in [6.45, 7) is 6.19. The van der Waals surface area contributed by atoms with Crippen LogP contribution in [0.4, 0.5) is 5.95 Å². The zero-order valence-corrected chi connectivity index (χ0v) is 10.4. The number of nitrogens with zero attached hydrogens (tertiary/aromatic N) is 3. The van der Waals surface area contributed by atoms with E-state index in [-0.39, 0.29) is 12.6 Å². The van der Waals surface area contributed by atoms with Gasteiger partial charge in [0.1, 0.15) is 0 Å². The number of hydrogen-bond acceptors (Lipinski definition) is 4. The number of aliphatic hydroxyl groups excluding tert-OH is 1. The summed E-state index contributed by atoms with van der Waals surface area (Å²) in [5.41, 5.74) is 1.96. The molecule has 0 saturated heterocycles. The summed E-state index contributed by atoms with van der Waals surface area (Å²) in [4.78, 5) is 4.37. The van der Waals surface area contributed by atoms with Gasteiger partial charge in [0.15, 0.2) is 5.65 Å². The number of nitrogens with one attached hydrogen (secondary N) is 1. The summed E-state index contributed by atoms with van der Waals surface area (Å²) >= 11 is 0. The van der Waals surface area contributed by atoms with Crippen LogP contribution in [0.15, 0.2) is 18.3 Å². The van der Waals surface area contributed by atoms with Crippen molar-refractivity contribution in [1.29, 1.82) is 0 Å². The summed E-state index contributed by atoms with van der Waals surface area (Å²) < 4.78 is 1.73. The minimum Gasteiger partial charge on any atom is -0.394 e. The minimum atomic E-state index is -0.0199. The molecule has 17 heavy (non-hydrogen) atoms. The lowest BCUT2D eigenvalue weighted by Crippen LogP contribution is -2.29. The lowest BCUT2D eigenvalue weighted by molar-refractivity contribution is 0.248. The molecule has 0 radical (unpaired) electrons.